The molecular weight excluding hydrogens is 310 g/mol. The van der Waals surface area contributed by atoms with E-state index in [0.29, 0.717) is 17.5 Å². The molecule has 0 spiro atoms. The highest BCUT2D eigenvalue weighted by molar-refractivity contribution is 8.13. The quantitative estimate of drug-likeness (QED) is 0.787. The number of hydrogen-bond donors (Lipinski definition) is 0. The molecule has 1 aliphatic rings. The lowest BCUT2D eigenvalue weighted by Crippen LogP contribution is -2.37. The van der Waals surface area contributed by atoms with E-state index in [1.807, 2.05) is 0 Å². The Hall–Kier alpha value is -0.630. The van der Waals surface area contributed by atoms with Gasteiger partial charge in [-0.1, -0.05) is 12.1 Å². The van der Waals surface area contributed by atoms with E-state index < -0.39 is 19.1 Å². The van der Waals surface area contributed by atoms with Gasteiger partial charge >= 0.3 is 0 Å². The first kappa shape index (κ1) is 14.8. The average Bonchev–Trinajstić information content (AvgIpc) is 2.36. The van der Waals surface area contributed by atoms with E-state index in [4.69, 9.17) is 10.7 Å². The molecule has 19 heavy (non-hydrogen) atoms. The largest absolute Gasteiger partial charge is 0.261 e. The summed E-state index contributed by atoms with van der Waals surface area (Å²) >= 11 is 0. The maximum atomic E-state index is 11.8. The van der Waals surface area contributed by atoms with Gasteiger partial charge in [0.05, 0.1) is 10.6 Å². The van der Waals surface area contributed by atoms with Gasteiger partial charge in [0.1, 0.15) is 0 Å². The average molecular weight is 324 g/mol. The van der Waals surface area contributed by atoms with Crippen molar-refractivity contribution in [1.82, 2.24) is 4.31 Å². The zero-order valence-electron chi connectivity index (χ0n) is 10.3. The molecular formula is C11H14ClNO4S2. The van der Waals surface area contributed by atoms with Gasteiger partial charge in [-0.3, -0.25) is 0 Å². The Morgan fingerprint density at radius 2 is 1.95 bits per heavy atom. The number of fused-ring (bicyclic) bond motifs is 1. The van der Waals surface area contributed by atoms with Gasteiger partial charge in [0.2, 0.25) is 10.0 Å². The van der Waals surface area contributed by atoms with Crippen molar-refractivity contribution in [2.45, 2.75) is 24.8 Å². The maximum absolute atomic E-state index is 11.8. The summed E-state index contributed by atoms with van der Waals surface area (Å²) in [6, 6.07) is 4.76. The number of hydrogen-bond acceptors (Lipinski definition) is 4. The van der Waals surface area contributed by atoms with Crippen molar-refractivity contribution < 1.29 is 16.8 Å². The van der Waals surface area contributed by atoms with Crippen LogP contribution in [0.2, 0.25) is 0 Å². The van der Waals surface area contributed by atoms with Crippen LogP contribution >= 0.6 is 10.7 Å². The van der Waals surface area contributed by atoms with Crippen molar-refractivity contribution in [2.24, 2.45) is 0 Å². The molecule has 0 saturated heterocycles. The van der Waals surface area contributed by atoms with Gasteiger partial charge in [0.15, 0.2) is 0 Å². The molecule has 0 unspecified atom stereocenters. The summed E-state index contributed by atoms with van der Waals surface area (Å²) < 4.78 is 48.0. The van der Waals surface area contributed by atoms with Crippen LogP contribution in [0.25, 0.3) is 0 Å². The second-order valence-electron chi connectivity index (χ2n) is 4.32. The monoisotopic (exact) mass is 323 g/mol. The summed E-state index contributed by atoms with van der Waals surface area (Å²) in [6.45, 7) is 2.07. The zero-order valence-corrected chi connectivity index (χ0v) is 12.7. The Kier molecular flexibility index (Phi) is 3.92. The van der Waals surface area contributed by atoms with Crippen LogP contribution in [-0.4, -0.2) is 33.4 Å². The van der Waals surface area contributed by atoms with Crippen molar-refractivity contribution >= 4 is 29.8 Å². The van der Waals surface area contributed by atoms with Gasteiger partial charge in [-0.25, -0.2) is 16.8 Å². The van der Waals surface area contributed by atoms with E-state index >= 15 is 0 Å². The second kappa shape index (κ2) is 5.05. The predicted molar refractivity (Wildman–Crippen MR) is 73.1 cm³/mol. The fourth-order valence-corrected chi connectivity index (χ4v) is 4.47. The first-order chi connectivity index (χ1) is 8.75. The topological polar surface area (TPSA) is 71.5 Å². The van der Waals surface area contributed by atoms with E-state index in [2.05, 4.69) is 0 Å². The smallest absolute Gasteiger partial charge is 0.212 e. The SMILES string of the molecule is CCS(=O)(=O)N1CCc2c(cccc2S(=O)(=O)Cl)C1. The van der Waals surface area contributed by atoms with Crippen molar-refractivity contribution in [2.75, 3.05) is 12.3 Å². The molecule has 0 bridgehead atoms. The van der Waals surface area contributed by atoms with Crippen LogP contribution in [0.4, 0.5) is 0 Å². The lowest BCUT2D eigenvalue weighted by molar-refractivity contribution is 0.390. The minimum Gasteiger partial charge on any atom is -0.212 e. The summed E-state index contributed by atoms with van der Waals surface area (Å²) in [5.74, 6) is 0.0375. The molecule has 1 aromatic rings. The van der Waals surface area contributed by atoms with E-state index in [1.54, 1.807) is 19.1 Å². The van der Waals surface area contributed by atoms with Crippen LogP contribution in [0.15, 0.2) is 23.1 Å². The summed E-state index contributed by atoms with van der Waals surface area (Å²) in [5.41, 5.74) is 1.32. The molecule has 8 heteroatoms. The van der Waals surface area contributed by atoms with Crippen LogP contribution in [-0.2, 0) is 32.0 Å². The Morgan fingerprint density at radius 3 is 2.53 bits per heavy atom. The lowest BCUT2D eigenvalue weighted by Gasteiger charge is -2.28. The van der Waals surface area contributed by atoms with Crippen molar-refractivity contribution in [1.29, 1.82) is 0 Å². The minimum atomic E-state index is -3.80. The van der Waals surface area contributed by atoms with Crippen molar-refractivity contribution in [3.05, 3.63) is 29.3 Å². The highest BCUT2D eigenvalue weighted by Gasteiger charge is 2.28. The Labute approximate surface area is 117 Å². The van der Waals surface area contributed by atoms with Gasteiger partial charge in [-0.15, -0.1) is 0 Å². The minimum absolute atomic E-state index is 0.0375. The van der Waals surface area contributed by atoms with Crippen LogP contribution in [0.5, 0.6) is 0 Å². The second-order valence-corrected chi connectivity index (χ2v) is 9.11. The maximum Gasteiger partial charge on any atom is 0.261 e. The summed E-state index contributed by atoms with van der Waals surface area (Å²) in [7, 11) is -1.67. The number of nitrogens with zero attached hydrogens (tertiary/aromatic N) is 1. The standard InChI is InChI=1S/C11H14ClNO4S2/c1-2-18(14,15)13-7-6-10-9(8-13)4-3-5-11(10)19(12,16)17/h3-5H,2,6-8H2,1H3. The zero-order chi connectivity index (χ0) is 14.3. The fraction of sp³-hybridized carbons (Fsp3) is 0.455. The number of halogens is 1. The van der Waals surface area contributed by atoms with Gasteiger partial charge in [-0.05, 0) is 30.5 Å². The first-order valence-corrected chi connectivity index (χ1v) is 9.71. The Balaban J connectivity index is 2.45. The third kappa shape index (κ3) is 2.94. The van der Waals surface area contributed by atoms with Gasteiger partial charge in [-0.2, -0.15) is 4.31 Å². The van der Waals surface area contributed by atoms with Gasteiger partial charge in [0.25, 0.3) is 9.05 Å². The molecule has 1 aromatic carbocycles. The normalized spacial score (nSPS) is 17.2. The van der Waals surface area contributed by atoms with E-state index in [0.717, 1.165) is 0 Å². The first-order valence-electron chi connectivity index (χ1n) is 5.79. The van der Waals surface area contributed by atoms with Gasteiger partial charge < -0.3 is 0 Å². The summed E-state index contributed by atoms with van der Waals surface area (Å²) in [6.07, 6.45) is 0.358. The van der Waals surface area contributed by atoms with E-state index in [1.165, 1.54) is 10.4 Å². The Morgan fingerprint density at radius 1 is 1.26 bits per heavy atom. The highest BCUT2D eigenvalue weighted by atomic mass is 35.7. The van der Waals surface area contributed by atoms with Crippen LogP contribution in [0.1, 0.15) is 18.1 Å². The van der Waals surface area contributed by atoms with Crippen molar-refractivity contribution in [3.8, 4) is 0 Å². The Bertz CT molecular complexity index is 697. The molecule has 2 rings (SSSR count). The molecule has 0 N–H and O–H groups in total. The molecule has 0 fully saturated rings. The van der Waals surface area contributed by atoms with Crippen LogP contribution in [0.3, 0.4) is 0 Å². The number of sulfonamides is 1. The predicted octanol–water partition coefficient (Wildman–Crippen LogP) is 1.32. The lowest BCUT2D eigenvalue weighted by atomic mass is 10.0. The molecule has 0 amide bonds. The summed E-state index contributed by atoms with van der Waals surface area (Å²) in [5, 5.41) is 0. The van der Waals surface area contributed by atoms with E-state index in [9.17, 15) is 16.8 Å². The fourth-order valence-electron chi connectivity index (χ4n) is 2.20. The summed E-state index contributed by atoms with van der Waals surface area (Å²) in [4.78, 5) is 0.0835. The van der Waals surface area contributed by atoms with Crippen molar-refractivity contribution in [3.63, 3.8) is 0 Å². The molecule has 0 saturated carbocycles. The van der Waals surface area contributed by atoms with Crippen LogP contribution in [0, 0.1) is 0 Å². The third-order valence-electron chi connectivity index (χ3n) is 3.21. The van der Waals surface area contributed by atoms with Gasteiger partial charge in [0, 0.05) is 23.8 Å². The number of rotatable bonds is 3. The molecule has 0 radical (unpaired) electrons. The third-order valence-corrected chi connectivity index (χ3v) is 6.44. The van der Waals surface area contributed by atoms with E-state index in [-0.39, 0.29) is 23.7 Å². The molecule has 5 nitrogen and oxygen atoms in total. The molecule has 106 valence electrons. The molecule has 1 aliphatic heterocycles. The van der Waals surface area contributed by atoms with Crippen LogP contribution < -0.4 is 0 Å². The molecule has 0 aromatic heterocycles. The highest BCUT2D eigenvalue weighted by Crippen LogP contribution is 2.28. The molecule has 0 aliphatic carbocycles. The molecule has 1 heterocycles. The molecule has 0 atom stereocenters. The number of benzene rings is 1.